The zero-order chi connectivity index (χ0) is 26.5. The van der Waals surface area contributed by atoms with Gasteiger partial charge in [-0.2, -0.15) is 0 Å². The number of hydrogen-bond acceptors (Lipinski definition) is 5. The van der Waals surface area contributed by atoms with Gasteiger partial charge in [0.15, 0.2) is 0 Å². The van der Waals surface area contributed by atoms with Crippen molar-refractivity contribution >= 4 is 29.5 Å². The normalized spacial score (nSPS) is 12.2. The van der Waals surface area contributed by atoms with Crippen molar-refractivity contribution in [2.75, 3.05) is 19.6 Å². The Kier molecular flexibility index (Phi) is 19.1. The van der Waals surface area contributed by atoms with Gasteiger partial charge in [-0.3, -0.25) is 24.0 Å². The predicted octanol–water partition coefficient (Wildman–Crippen LogP) is 1.68. The van der Waals surface area contributed by atoms with Crippen molar-refractivity contribution in [3.63, 3.8) is 0 Å². The molecule has 0 rings (SSSR count). The Labute approximate surface area is 210 Å². The average molecular weight is 498 g/mol. The van der Waals surface area contributed by atoms with Crippen LogP contribution in [0, 0.1) is 0 Å². The molecular formula is C25H47N5O5. The van der Waals surface area contributed by atoms with E-state index in [0.29, 0.717) is 13.0 Å². The Morgan fingerprint density at radius 3 is 1.51 bits per heavy atom. The minimum absolute atomic E-state index is 0.186. The van der Waals surface area contributed by atoms with Gasteiger partial charge in [0.05, 0.1) is 13.1 Å². The van der Waals surface area contributed by atoms with Gasteiger partial charge < -0.3 is 26.6 Å². The second-order valence-corrected chi connectivity index (χ2v) is 8.94. The summed E-state index contributed by atoms with van der Waals surface area (Å²) >= 11 is 0. The molecule has 5 amide bonds. The standard InChI is InChI=1S/C25H47N5O5/c1-5-7-8-9-10-11-12-13-14-15-21(31)27-17-22(32)30-20(4)25(35)28-18-23(33)29-19(3)24(34)26-16-6-2/h19-20H,5-18H2,1-4H3,(H,26,34)(H,27,31)(H,28,35)(H,29,33)(H,30,32)/t19-,20-/m0/s1. The summed E-state index contributed by atoms with van der Waals surface area (Å²) in [5.74, 6) is -2.03. The van der Waals surface area contributed by atoms with Gasteiger partial charge in [0.2, 0.25) is 29.5 Å². The summed E-state index contributed by atoms with van der Waals surface area (Å²) in [5.41, 5.74) is 0. The number of carbonyl (C=O) groups excluding carboxylic acids is 5. The quantitative estimate of drug-likeness (QED) is 0.162. The zero-order valence-electron chi connectivity index (χ0n) is 22.1. The molecule has 0 saturated heterocycles. The molecule has 0 spiro atoms. The number of carbonyl (C=O) groups is 5. The first kappa shape index (κ1) is 32.4. The number of amides is 5. The van der Waals surface area contributed by atoms with E-state index in [1.807, 2.05) is 6.92 Å². The van der Waals surface area contributed by atoms with Gasteiger partial charge in [0.1, 0.15) is 12.1 Å². The van der Waals surface area contributed by atoms with Gasteiger partial charge >= 0.3 is 0 Å². The molecule has 0 heterocycles. The third-order valence-electron chi connectivity index (χ3n) is 5.47. The smallest absolute Gasteiger partial charge is 0.242 e. The molecule has 0 aliphatic heterocycles. The summed E-state index contributed by atoms with van der Waals surface area (Å²) in [4.78, 5) is 59.7. The molecule has 0 aromatic carbocycles. The Morgan fingerprint density at radius 2 is 1.00 bits per heavy atom. The monoisotopic (exact) mass is 497 g/mol. The van der Waals surface area contributed by atoms with Crippen molar-refractivity contribution < 1.29 is 24.0 Å². The second kappa shape index (κ2) is 20.7. The first-order valence-electron chi connectivity index (χ1n) is 13.1. The first-order valence-corrected chi connectivity index (χ1v) is 13.1. The van der Waals surface area contributed by atoms with Gasteiger partial charge in [-0.1, -0.05) is 65.2 Å². The van der Waals surface area contributed by atoms with Gasteiger partial charge in [0.25, 0.3) is 0 Å². The molecule has 35 heavy (non-hydrogen) atoms. The summed E-state index contributed by atoms with van der Waals surface area (Å²) in [6, 6.07) is -1.60. The van der Waals surface area contributed by atoms with Crippen LogP contribution in [0.15, 0.2) is 0 Å². The Bertz CT molecular complexity index is 656. The van der Waals surface area contributed by atoms with Crippen LogP contribution < -0.4 is 26.6 Å². The summed E-state index contributed by atoms with van der Waals surface area (Å²) in [6.45, 7) is 7.15. The number of unbranched alkanes of at least 4 members (excludes halogenated alkanes) is 8. The Hall–Kier alpha value is -2.65. The summed E-state index contributed by atoms with van der Waals surface area (Å²) < 4.78 is 0. The number of hydrogen-bond donors (Lipinski definition) is 5. The zero-order valence-corrected chi connectivity index (χ0v) is 22.1. The summed E-state index contributed by atoms with van der Waals surface area (Å²) in [7, 11) is 0. The maximum atomic E-state index is 12.1. The van der Waals surface area contributed by atoms with Gasteiger partial charge in [-0.15, -0.1) is 0 Å². The highest BCUT2D eigenvalue weighted by Gasteiger charge is 2.18. The fourth-order valence-electron chi connectivity index (χ4n) is 3.30. The molecule has 0 fully saturated rings. The summed E-state index contributed by atoms with van der Waals surface area (Å²) in [6.07, 6.45) is 11.7. The third-order valence-corrected chi connectivity index (χ3v) is 5.47. The lowest BCUT2D eigenvalue weighted by molar-refractivity contribution is -0.131. The van der Waals surface area contributed by atoms with Crippen LogP contribution in [0.2, 0.25) is 0 Å². The topological polar surface area (TPSA) is 146 Å². The van der Waals surface area contributed by atoms with Crippen LogP contribution in [0.1, 0.15) is 98.3 Å². The SMILES string of the molecule is CCCCCCCCCCCC(=O)NCC(=O)N[C@@H](C)C(=O)NCC(=O)N[C@@H](C)C(=O)NCCC. The predicted molar refractivity (Wildman–Crippen MR) is 136 cm³/mol. The van der Waals surface area contributed by atoms with Crippen LogP contribution in [0.3, 0.4) is 0 Å². The van der Waals surface area contributed by atoms with Gasteiger partial charge in [0, 0.05) is 13.0 Å². The number of nitrogens with one attached hydrogen (secondary N) is 5. The molecule has 0 aliphatic carbocycles. The van der Waals surface area contributed by atoms with E-state index >= 15 is 0 Å². The van der Waals surface area contributed by atoms with Crippen molar-refractivity contribution in [1.82, 2.24) is 26.6 Å². The molecule has 0 unspecified atom stereocenters. The largest absolute Gasteiger partial charge is 0.354 e. The van der Waals surface area contributed by atoms with E-state index in [0.717, 1.165) is 25.7 Å². The van der Waals surface area contributed by atoms with E-state index in [2.05, 4.69) is 33.5 Å². The minimum atomic E-state index is -0.880. The molecule has 10 heteroatoms. The molecule has 0 aromatic heterocycles. The maximum absolute atomic E-state index is 12.1. The highest BCUT2D eigenvalue weighted by molar-refractivity contribution is 5.93. The average Bonchev–Trinajstić information content (AvgIpc) is 2.83. The third kappa shape index (κ3) is 18.4. The molecule has 10 nitrogen and oxygen atoms in total. The van der Waals surface area contributed by atoms with Crippen molar-refractivity contribution in [2.45, 2.75) is 110 Å². The van der Waals surface area contributed by atoms with Crippen LogP contribution in [0.4, 0.5) is 0 Å². The second-order valence-electron chi connectivity index (χ2n) is 8.94. The van der Waals surface area contributed by atoms with Gasteiger partial charge in [-0.25, -0.2) is 0 Å². The molecule has 0 bridgehead atoms. The number of rotatable bonds is 20. The van der Waals surface area contributed by atoms with E-state index in [4.69, 9.17) is 0 Å². The van der Waals surface area contributed by atoms with E-state index < -0.39 is 29.8 Å². The van der Waals surface area contributed by atoms with E-state index in [1.54, 1.807) is 6.92 Å². The van der Waals surface area contributed by atoms with Crippen molar-refractivity contribution in [1.29, 1.82) is 0 Å². The van der Waals surface area contributed by atoms with Crippen molar-refractivity contribution in [2.24, 2.45) is 0 Å². The maximum Gasteiger partial charge on any atom is 0.242 e. The van der Waals surface area contributed by atoms with E-state index in [-0.39, 0.29) is 24.9 Å². The minimum Gasteiger partial charge on any atom is -0.354 e. The molecular weight excluding hydrogens is 450 g/mol. The fraction of sp³-hybridized carbons (Fsp3) is 0.800. The molecule has 2 atom stereocenters. The highest BCUT2D eigenvalue weighted by atomic mass is 16.2. The molecule has 0 saturated carbocycles. The lowest BCUT2D eigenvalue weighted by Crippen LogP contribution is -2.51. The Balaban J connectivity index is 3.93. The van der Waals surface area contributed by atoms with Crippen LogP contribution in [0.25, 0.3) is 0 Å². The first-order chi connectivity index (χ1) is 16.7. The molecule has 0 radical (unpaired) electrons. The van der Waals surface area contributed by atoms with Crippen LogP contribution >= 0.6 is 0 Å². The van der Waals surface area contributed by atoms with Crippen molar-refractivity contribution in [3.8, 4) is 0 Å². The molecule has 0 aromatic rings. The van der Waals surface area contributed by atoms with E-state index in [1.165, 1.54) is 45.4 Å². The molecule has 202 valence electrons. The Morgan fingerprint density at radius 1 is 0.543 bits per heavy atom. The van der Waals surface area contributed by atoms with Gasteiger partial charge in [-0.05, 0) is 26.7 Å². The van der Waals surface area contributed by atoms with E-state index in [9.17, 15) is 24.0 Å². The molecule has 0 aliphatic rings. The lowest BCUT2D eigenvalue weighted by Gasteiger charge is -2.16. The summed E-state index contributed by atoms with van der Waals surface area (Å²) in [5, 5.41) is 12.6. The lowest BCUT2D eigenvalue weighted by atomic mass is 10.1. The van der Waals surface area contributed by atoms with Crippen LogP contribution in [-0.4, -0.2) is 61.3 Å². The van der Waals surface area contributed by atoms with Crippen molar-refractivity contribution in [3.05, 3.63) is 0 Å². The van der Waals surface area contributed by atoms with Crippen LogP contribution in [-0.2, 0) is 24.0 Å². The van der Waals surface area contributed by atoms with Crippen LogP contribution in [0.5, 0.6) is 0 Å². The highest BCUT2D eigenvalue weighted by Crippen LogP contribution is 2.10. The molecule has 5 N–H and O–H groups in total. The fourth-order valence-corrected chi connectivity index (χ4v) is 3.30.